The first kappa shape index (κ1) is 12.5. The van der Waals surface area contributed by atoms with Crippen LogP contribution in [0.25, 0.3) is 0 Å². The fraction of sp³-hybridized carbons (Fsp3) is 0.364. The third-order valence-corrected chi connectivity index (χ3v) is 2.67. The van der Waals surface area contributed by atoms with Crippen LogP contribution in [0.5, 0.6) is 0 Å². The maximum Gasteiger partial charge on any atom is 0.337 e. The Morgan fingerprint density at radius 3 is 2.28 bits per heavy atom. The maximum atomic E-state index is 11.2. The summed E-state index contributed by atoms with van der Waals surface area (Å²) in [5.74, 6) is -1.07. The van der Waals surface area contributed by atoms with E-state index in [2.05, 4.69) is 10.2 Å². The minimum Gasteiger partial charge on any atom is -0.478 e. The van der Waals surface area contributed by atoms with E-state index in [0.29, 0.717) is 17.1 Å². The van der Waals surface area contributed by atoms with Crippen molar-refractivity contribution in [3.8, 4) is 0 Å². The molecule has 18 heavy (non-hydrogen) atoms. The highest BCUT2D eigenvalue weighted by molar-refractivity contribution is 6.01. The summed E-state index contributed by atoms with van der Waals surface area (Å²) in [6.45, 7) is 0.180. The second-order valence-corrected chi connectivity index (χ2v) is 3.77. The number of rotatable bonds is 6. The second-order valence-electron chi connectivity index (χ2n) is 3.77. The number of azo groups is 1. The number of anilines is 1. The molecular weight excluding hydrogens is 238 g/mol. The molecule has 0 aliphatic carbocycles. The lowest BCUT2D eigenvalue weighted by atomic mass is 10.1. The van der Waals surface area contributed by atoms with E-state index in [-0.39, 0.29) is 31.9 Å². The molecule has 3 N–H and O–H groups in total. The average Bonchev–Trinajstić information content (AvgIpc) is 2.29. The number of carbonyl (C=O) groups is 1. The Balaban J connectivity index is 2.46. The number of fused-ring (bicyclic) bond motifs is 1. The van der Waals surface area contributed by atoms with Gasteiger partial charge < -0.3 is 20.2 Å². The van der Waals surface area contributed by atoms with Crippen molar-refractivity contribution in [3.63, 3.8) is 0 Å². The van der Waals surface area contributed by atoms with Crippen LogP contribution < -0.4 is 4.90 Å². The zero-order valence-corrected chi connectivity index (χ0v) is 9.57. The van der Waals surface area contributed by atoms with Crippen LogP contribution in [0, 0.1) is 0 Å². The van der Waals surface area contributed by atoms with E-state index >= 15 is 0 Å². The first-order chi connectivity index (χ1) is 8.69. The normalized spacial score (nSPS) is 11.9. The number of hydrogen-bond donors (Lipinski definition) is 3. The second kappa shape index (κ2) is 5.11. The summed E-state index contributed by atoms with van der Waals surface area (Å²) in [4.78, 5) is 12.8. The molecular formula is C11H13N3O4. The van der Waals surface area contributed by atoms with Gasteiger partial charge >= 0.3 is 5.97 Å². The highest BCUT2D eigenvalue weighted by Gasteiger charge is 2.25. The van der Waals surface area contributed by atoms with Crippen molar-refractivity contribution >= 4 is 23.0 Å². The molecule has 1 aliphatic rings. The molecule has 1 aromatic carbocycles. The van der Waals surface area contributed by atoms with Crippen LogP contribution >= 0.6 is 0 Å². The summed E-state index contributed by atoms with van der Waals surface area (Å²) in [6.07, 6.45) is 0. The zero-order chi connectivity index (χ0) is 13.1. The maximum absolute atomic E-state index is 11.2. The first-order valence-corrected chi connectivity index (χ1v) is 5.47. The lowest BCUT2D eigenvalue weighted by Crippen LogP contribution is -2.31. The van der Waals surface area contributed by atoms with Crippen LogP contribution in [-0.2, 0) is 0 Å². The van der Waals surface area contributed by atoms with Crippen molar-refractivity contribution < 1.29 is 20.1 Å². The van der Waals surface area contributed by atoms with Crippen molar-refractivity contribution in [2.45, 2.75) is 0 Å². The topological polar surface area (TPSA) is 106 Å². The molecule has 0 amide bonds. The molecule has 7 nitrogen and oxygen atoms in total. The Morgan fingerprint density at radius 1 is 1.17 bits per heavy atom. The predicted octanol–water partition coefficient (Wildman–Crippen LogP) is 0.905. The molecule has 0 atom stereocenters. The molecule has 1 heterocycles. The van der Waals surface area contributed by atoms with Crippen molar-refractivity contribution in [3.05, 3.63) is 17.7 Å². The van der Waals surface area contributed by atoms with Gasteiger partial charge in [0.25, 0.3) is 0 Å². The summed E-state index contributed by atoms with van der Waals surface area (Å²) < 4.78 is 0. The van der Waals surface area contributed by atoms with E-state index in [1.807, 2.05) is 0 Å². The third kappa shape index (κ3) is 2.05. The molecule has 0 unspecified atom stereocenters. The van der Waals surface area contributed by atoms with Gasteiger partial charge in [-0.25, -0.2) is 4.79 Å². The van der Waals surface area contributed by atoms with Gasteiger partial charge in [0.15, 0.2) is 0 Å². The molecule has 0 aromatic heterocycles. The fourth-order valence-electron chi connectivity index (χ4n) is 1.88. The highest BCUT2D eigenvalue weighted by Crippen LogP contribution is 2.47. The van der Waals surface area contributed by atoms with Crippen LogP contribution in [0.15, 0.2) is 22.4 Å². The molecule has 2 rings (SSSR count). The van der Waals surface area contributed by atoms with Gasteiger partial charge in [0, 0.05) is 13.1 Å². The number of aromatic carboxylic acids is 1. The first-order valence-electron chi connectivity index (χ1n) is 5.47. The Bertz CT molecular complexity index is 495. The minimum absolute atomic E-state index is 0.0919. The zero-order valence-electron chi connectivity index (χ0n) is 9.57. The number of hydrogen-bond acceptors (Lipinski definition) is 6. The number of carboxylic acid groups (broad SMARTS) is 1. The van der Waals surface area contributed by atoms with Crippen LogP contribution in [0.3, 0.4) is 0 Å². The molecule has 0 bridgehead atoms. The highest BCUT2D eigenvalue weighted by atomic mass is 16.4. The van der Waals surface area contributed by atoms with Gasteiger partial charge in [0.2, 0.25) is 0 Å². The summed E-state index contributed by atoms with van der Waals surface area (Å²) in [5, 5.41) is 34.8. The van der Waals surface area contributed by atoms with E-state index in [9.17, 15) is 4.79 Å². The van der Waals surface area contributed by atoms with Gasteiger partial charge in [-0.15, -0.1) is 10.2 Å². The average molecular weight is 251 g/mol. The van der Waals surface area contributed by atoms with Crippen LogP contribution in [0.1, 0.15) is 10.4 Å². The third-order valence-electron chi connectivity index (χ3n) is 2.67. The smallest absolute Gasteiger partial charge is 0.337 e. The van der Waals surface area contributed by atoms with Gasteiger partial charge in [0.05, 0.1) is 24.5 Å². The van der Waals surface area contributed by atoms with Gasteiger partial charge in [-0.05, 0) is 12.1 Å². The number of carboxylic acids is 1. The Labute approximate surface area is 103 Å². The Hall–Kier alpha value is -1.99. The van der Waals surface area contributed by atoms with Gasteiger partial charge in [-0.3, -0.25) is 0 Å². The molecule has 0 saturated heterocycles. The molecule has 0 spiro atoms. The molecule has 1 aliphatic heterocycles. The molecule has 0 radical (unpaired) electrons. The molecule has 1 aromatic rings. The summed E-state index contributed by atoms with van der Waals surface area (Å²) in [5.41, 5.74) is 1.61. The van der Waals surface area contributed by atoms with Crippen LogP contribution in [0.2, 0.25) is 0 Å². The number of benzene rings is 1. The van der Waals surface area contributed by atoms with Gasteiger partial charge in [-0.2, -0.15) is 0 Å². The lowest BCUT2D eigenvalue weighted by molar-refractivity contribution is 0.0697. The van der Waals surface area contributed by atoms with E-state index in [1.54, 1.807) is 11.0 Å². The Morgan fingerprint density at radius 2 is 1.83 bits per heavy atom. The van der Waals surface area contributed by atoms with E-state index in [1.165, 1.54) is 6.07 Å². The molecule has 96 valence electrons. The van der Waals surface area contributed by atoms with Crippen LogP contribution in [-0.4, -0.2) is 47.6 Å². The number of aliphatic hydroxyl groups excluding tert-OH is 2. The van der Waals surface area contributed by atoms with E-state index < -0.39 is 5.97 Å². The molecule has 7 heteroatoms. The Kier molecular flexibility index (Phi) is 3.54. The van der Waals surface area contributed by atoms with Crippen molar-refractivity contribution in [2.75, 3.05) is 31.2 Å². The standard InChI is InChI=1S/C11H13N3O4/c15-5-3-14(4-6-16)10-7(11(17)18)1-2-8-9(10)13-12-8/h1-2,15-16H,3-6H2,(H,17,18). The van der Waals surface area contributed by atoms with E-state index in [0.717, 1.165) is 0 Å². The number of nitrogens with zero attached hydrogens (tertiary/aromatic N) is 3. The summed E-state index contributed by atoms with van der Waals surface area (Å²) in [6, 6.07) is 3.04. The lowest BCUT2D eigenvalue weighted by Gasteiger charge is -2.27. The van der Waals surface area contributed by atoms with Gasteiger partial charge in [0.1, 0.15) is 11.4 Å². The van der Waals surface area contributed by atoms with Crippen LogP contribution in [0.4, 0.5) is 17.1 Å². The van der Waals surface area contributed by atoms with Crippen molar-refractivity contribution in [1.29, 1.82) is 0 Å². The van der Waals surface area contributed by atoms with Crippen molar-refractivity contribution in [1.82, 2.24) is 0 Å². The van der Waals surface area contributed by atoms with Crippen molar-refractivity contribution in [2.24, 2.45) is 10.2 Å². The SMILES string of the molecule is O=C(O)c1ccc2c(c1N(CCO)CCO)N=N2. The number of aliphatic hydroxyl groups is 2. The fourth-order valence-corrected chi connectivity index (χ4v) is 1.88. The molecule has 0 fully saturated rings. The minimum atomic E-state index is -1.07. The summed E-state index contributed by atoms with van der Waals surface area (Å²) in [7, 11) is 0. The predicted molar refractivity (Wildman–Crippen MR) is 64.0 cm³/mol. The molecule has 0 saturated carbocycles. The quantitative estimate of drug-likeness (QED) is 0.707. The van der Waals surface area contributed by atoms with Gasteiger partial charge in [-0.1, -0.05) is 0 Å². The summed E-state index contributed by atoms with van der Waals surface area (Å²) >= 11 is 0. The monoisotopic (exact) mass is 251 g/mol. The van der Waals surface area contributed by atoms with E-state index in [4.69, 9.17) is 15.3 Å². The largest absolute Gasteiger partial charge is 0.478 e.